The Kier molecular flexibility index (Phi) is 4.29. The lowest BCUT2D eigenvalue weighted by Gasteiger charge is -2.31. The standard InChI is InChI=1S/C16H25NO2/c1-15(2,3)8-9-16(18-10-11-19-16)14-6-4-13(12-17)5-7-14/h4-7H,8-12,17H2,1-3H3. The molecular formula is C16H25NO2. The topological polar surface area (TPSA) is 44.5 Å². The van der Waals surface area contributed by atoms with Crippen LogP contribution < -0.4 is 5.73 Å². The third kappa shape index (κ3) is 3.56. The van der Waals surface area contributed by atoms with Crippen molar-refractivity contribution in [2.75, 3.05) is 13.2 Å². The van der Waals surface area contributed by atoms with Gasteiger partial charge < -0.3 is 15.2 Å². The third-order valence-corrected chi connectivity index (χ3v) is 3.59. The van der Waals surface area contributed by atoms with E-state index in [0.29, 0.717) is 19.8 Å². The van der Waals surface area contributed by atoms with Crippen molar-refractivity contribution in [3.05, 3.63) is 35.4 Å². The van der Waals surface area contributed by atoms with Crippen molar-refractivity contribution in [3.63, 3.8) is 0 Å². The highest BCUT2D eigenvalue weighted by molar-refractivity contribution is 5.26. The van der Waals surface area contributed by atoms with Crippen LogP contribution in [0.2, 0.25) is 0 Å². The summed E-state index contributed by atoms with van der Waals surface area (Å²) in [5.41, 5.74) is 8.15. The van der Waals surface area contributed by atoms with E-state index in [1.165, 1.54) is 0 Å². The van der Waals surface area contributed by atoms with Crippen LogP contribution in [-0.4, -0.2) is 13.2 Å². The van der Waals surface area contributed by atoms with Crippen LogP contribution in [-0.2, 0) is 21.8 Å². The molecule has 1 fully saturated rings. The molecule has 0 aromatic heterocycles. The summed E-state index contributed by atoms with van der Waals surface area (Å²) in [5.74, 6) is -0.555. The van der Waals surface area contributed by atoms with Crippen LogP contribution >= 0.6 is 0 Å². The second kappa shape index (κ2) is 5.61. The van der Waals surface area contributed by atoms with Gasteiger partial charge in [0.05, 0.1) is 13.2 Å². The Morgan fingerprint density at radius 2 is 1.68 bits per heavy atom. The fraction of sp³-hybridized carbons (Fsp3) is 0.625. The van der Waals surface area contributed by atoms with Crippen molar-refractivity contribution in [1.29, 1.82) is 0 Å². The number of benzene rings is 1. The van der Waals surface area contributed by atoms with E-state index < -0.39 is 5.79 Å². The van der Waals surface area contributed by atoms with Crippen molar-refractivity contribution in [1.82, 2.24) is 0 Å². The molecule has 0 saturated carbocycles. The predicted molar refractivity (Wildman–Crippen MR) is 76.6 cm³/mol. The maximum atomic E-state index is 5.94. The van der Waals surface area contributed by atoms with E-state index in [1.807, 2.05) is 0 Å². The molecule has 3 nitrogen and oxygen atoms in total. The van der Waals surface area contributed by atoms with E-state index in [0.717, 1.165) is 24.0 Å². The minimum absolute atomic E-state index is 0.277. The quantitative estimate of drug-likeness (QED) is 0.907. The van der Waals surface area contributed by atoms with Crippen molar-refractivity contribution < 1.29 is 9.47 Å². The van der Waals surface area contributed by atoms with E-state index in [2.05, 4.69) is 45.0 Å². The van der Waals surface area contributed by atoms with Crippen LogP contribution in [0.5, 0.6) is 0 Å². The molecule has 0 spiro atoms. The van der Waals surface area contributed by atoms with Gasteiger partial charge in [0.25, 0.3) is 0 Å². The fourth-order valence-corrected chi connectivity index (χ4v) is 2.34. The highest BCUT2D eigenvalue weighted by Crippen LogP contribution is 2.39. The lowest BCUT2D eigenvalue weighted by atomic mass is 9.86. The highest BCUT2D eigenvalue weighted by atomic mass is 16.7. The molecule has 1 aliphatic heterocycles. The first-order valence-electron chi connectivity index (χ1n) is 7.03. The maximum absolute atomic E-state index is 5.94. The monoisotopic (exact) mass is 263 g/mol. The molecule has 0 atom stereocenters. The maximum Gasteiger partial charge on any atom is 0.195 e. The first-order chi connectivity index (χ1) is 8.95. The van der Waals surface area contributed by atoms with E-state index in [1.54, 1.807) is 0 Å². The van der Waals surface area contributed by atoms with Gasteiger partial charge in [0.2, 0.25) is 0 Å². The predicted octanol–water partition coefficient (Wildman–Crippen LogP) is 3.17. The summed E-state index contributed by atoms with van der Waals surface area (Å²) in [5, 5.41) is 0. The van der Waals surface area contributed by atoms with Crippen LogP contribution in [0, 0.1) is 5.41 Å². The Bertz CT molecular complexity index is 400. The minimum Gasteiger partial charge on any atom is -0.343 e. The molecule has 1 aromatic rings. The summed E-state index contributed by atoms with van der Waals surface area (Å²) in [6, 6.07) is 8.27. The molecule has 2 rings (SSSR count). The zero-order valence-corrected chi connectivity index (χ0v) is 12.2. The van der Waals surface area contributed by atoms with Crippen molar-refractivity contribution in [3.8, 4) is 0 Å². The van der Waals surface area contributed by atoms with Gasteiger partial charge >= 0.3 is 0 Å². The Labute approximate surface area is 116 Å². The van der Waals surface area contributed by atoms with Crippen molar-refractivity contribution in [2.24, 2.45) is 11.1 Å². The van der Waals surface area contributed by atoms with Gasteiger partial charge in [-0.3, -0.25) is 0 Å². The molecule has 1 saturated heterocycles. The van der Waals surface area contributed by atoms with Gasteiger partial charge in [-0.05, 0) is 17.4 Å². The van der Waals surface area contributed by atoms with Gasteiger partial charge in [0.15, 0.2) is 5.79 Å². The largest absolute Gasteiger partial charge is 0.343 e. The van der Waals surface area contributed by atoms with Gasteiger partial charge in [-0.1, -0.05) is 45.0 Å². The second-order valence-electron chi connectivity index (χ2n) is 6.41. The third-order valence-electron chi connectivity index (χ3n) is 3.59. The van der Waals surface area contributed by atoms with Gasteiger partial charge in [0, 0.05) is 18.5 Å². The summed E-state index contributed by atoms with van der Waals surface area (Å²) in [7, 11) is 0. The van der Waals surface area contributed by atoms with Gasteiger partial charge in [-0.25, -0.2) is 0 Å². The minimum atomic E-state index is -0.555. The van der Waals surface area contributed by atoms with Crippen molar-refractivity contribution in [2.45, 2.75) is 45.9 Å². The van der Waals surface area contributed by atoms with E-state index >= 15 is 0 Å². The lowest BCUT2D eigenvalue weighted by molar-refractivity contribution is -0.174. The molecule has 1 aromatic carbocycles. The van der Waals surface area contributed by atoms with E-state index in [-0.39, 0.29) is 5.41 Å². The molecular weight excluding hydrogens is 238 g/mol. The van der Waals surface area contributed by atoms with Crippen LogP contribution in [0.15, 0.2) is 24.3 Å². The van der Waals surface area contributed by atoms with Crippen LogP contribution in [0.25, 0.3) is 0 Å². The van der Waals surface area contributed by atoms with Crippen LogP contribution in [0.4, 0.5) is 0 Å². The Balaban J connectivity index is 2.18. The SMILES string of the molecule is CC(C)(C)CCC1(c2ccc(CN)cc2)OCCO1. The van der Waals surface area contributed by atoms with Crippen LogP contribution in [0.1, 0.15) is 44.7 Å². The number of rotatable bonds is 4. The van der Waals surface area contributed by atoms with Gasteiger partial charge in [-0.2, -0.15) is 0 Å². The Hall–Kier alpha value is -0.900. The average Bonchev–Trinajstić information content (AvgIpc) is 2.86. The lowest BCUT2D eigenvalue weighted by Crippen LogP contribution is -2.29. The molecule has 3 heteroatoms. The molecule has 1 heterocycles. The molecule has 0 bridgehead atoms. The second-order valence-corrected chi connectivity index (χ2v) is 6.41. The van der Waals surface area contributed by atoms with Crippen LogP contribution in [0.3, 0.4) is 0 Å². The average molecular weight is 263 g/mol. The summed E-state index contributed by atoms with van der Waals surface area (Å²) in [4.78, 5) is 0. The van der Waals surface area contributed by atoms with Crippen molar-refractivity contribution >= 4 is 0 Å². The zero-order chi connectivity index (χ0) is 13.9. The molecule has 2 N–H and O–H groups in total. The summed E-state index contributed by atoms with van der Waals surface area (Å²) < 4.78 is 11.9. The van der Waals surface area contributed by atoms with Gasteiger partial charge in [-0.15, -0.1) is 0 Å². The van der Waals surface area contributed by atoms with E-state index in [9.17, 15) is 0 Å². The molecule has 1 aliphatic rings. The number of hydrogen-bond acceptors (Lipinski definition) is 3. The zero-order valence-electron chi connectivity index (χ0n) is 12.2. The summed E-state index contributed by atoms with van der Waals surface area (Å²) in [6.07, 6.45) is 1.95. The normalized spacial score (nSPS) is 18.7. The number of hydrogen-bond donors (Lipinski definition) is 1. The molecule has 0 amide bonds. The first kappa shape index (κ1) is 14.5. The first-order valence-corrected chi connectivity index (χ1v) is 7.03. The highest BCUT2D eigenvalue weighted by Gasteiger charge is 2.39. The van der Waals surface area contributed by atoms with E-state index in [4.69, 9.17) is 15.2 Å². The molecule has 106 valence electrons. The number of nitrogens with two attached hydrogens (primary N) is 1. The Morgan fingerprint density at radius 1 is 1.11 bits per heavy atom. The smallest absolute Gasteiger partial charge is 0.195 e. The van der Waals surface area contributed by atoms with Gasteiger partial charge in [0.1, 0.15) is 0 Å². The Morgan fingerprint density at radius 3 is 2.16 bits per heavy atom. The molecule has 19 heavy (non-hydrogen) atoms. The fourth-order valence-electron chi connectivity index (χ4n) is 2.34. The molecule has 0 aliphatic carbocycles. The molecule has 0 unspecified atom stereocenters. The summed E-state index contributed by atoms with van der Waals surface area (Å²) >= 11 is 0. The number of ether oxygens (including phenoxy) is 2. The summed E-state index contributed by atoms with van der Waals surface area (Å²) in [6.45, 7) is 8.63. The molecule has 0 radical (unpaired) electrons.